The minimum Gasteiger partial charge on any atom is -0.367 e. The summed E-state index contributed by atoms with van der Waals surface area (Å²) in [5.74, 6) is 2.67. The number of nitrogens with zero attached hydrogens (tertiary/aromatic N) is 3. The summed E-state index contributed by atoms with van der Waals surface area (Å²) in [4.78, 5) is 9.87. The number of aryl methyl sites for hydroxylation is 4. The summed E-state index contributed by atoms with van der Waals surface area (Å²) in [7, 11) is 0. The molecule has 2 aromatic heterocycles. The van der Waals surface area contributed by atoms with Gasteiger partial charge in [-0.1, -0.05) is 55.7 Å². The second-order valence-electron chi connectivity index (χ2n) is 9.35. The zero-order valence-electron chi connectivity index (χ0n) is 19.3. The van der Waals surface area contributed by atoms with Gasteiger partial charge in [-0.25, -0.2) is 9.97 Å². The van der Waals surface area contributed by atoms with Crippen molar-refractivity contribution in [3.05, 3.63) is 58.9 Å². The first-order chi connectivity index (χ1) is 15.0. The van der Waals surface area contributed by atoms with Gasteiger partial charge in [0.15, 0.2) is 5.65 Å². The molecule has 1 unspecified atom stereocenters. The fraction of sp³-hybridized carbons (Fsp3) is 0.407. The number of hydrogen-bond donors (Lipinski definition) is 1. The van der Waals surface area contributed by atoms with Crippen molar-refractivity contribution in [2.75, 3.05) is 5.32 Å². The van der Waals surface area contributed by atoms with E-state index in [4.69, 9.17) is 9.97 Å². The predicted molar refractivity (Wildman–Crippen MR) is 130 cm³/mol. The molecule has 4 nitrogen and oxygen atoms in total. The Hall–Kier alpha value is -2.88. The summed E-state index contributed by atoms with van der Waals surface area (Å²) >= 11 is 0. The molecule has 5 rings (SSSR count). The van der Waals surface area contributed by atoms with E-state index in [9.17, 15) is 0 Å². The van der Waals surface area contributed by atoms with Crippen molar-refractivity contribution in [3.8, 4) is 5.69 Å². The second-order valence-corrected chi connectivity index (χ2v) is 9.35. The van der Waals surface area contributed by atoms with Crippen molar-refractivity contribution >= 4 is 27.8 Å². The van der Waals surface area contributed by atoms with Gasteiger partial charge in [-0.2, -0.15) is 0 Å². The number of benzene rings is 2. The number of anilines is 1. The number of rotatable bonds is 6. The lowest BCUT2D eigenvalue weighted by Crippen LogP contribution is -2.20. The third kappa shape index (κ3) is 3.58. The molecule has 0 spiro atoms. The Morgan fingerprint density at radius 3 is 2.42 bits per heavy atom. The Bertz CT molecular complexity index is 1260. The summed E-state index contributed by atoms with van der Waals surface area (Å²) in [6.45, 7) is 10.8. The molecule has 1 aliphatic carbocycles. The largest absolute Gasteiger partial charge is 0.367 e. The Morgan fingerprint density at radius 1 is 1.03 bits per heavy atom. The van der Waals surface area contributed by atoms with Crippen LogP contribution in [0.4, 0.5) is 5.82 Å². The van der Waals surface area contributed by atoms with E-state index in [-0.39, 0.29) is 0 Å². The average molecular weight is 413 g/mol. The molecule has 31 heavy (non-hydrogen) atoms. The Morgan fingerprint density at radius 2 is 1.74 bits per heavy atom. The van der Waals surface area contributed by atoms with Crippen LogP contribution in [0, 0.1) is 33.6 Å². The van der Waals surface area contributed by atoms with Crippen LogP contribution in [-0.2, 0) is 0 Å². The minimum absolute atomic E-state index is 0.454. The molecule has 1 atom stereocenters. The molecule has 0 saturated heterocycles. The van der Waals surface area contributed by atoms with Gasteiger partial charge < -0.3 is 5.32 Å². The maximum absolute atomic E-state index is 4.97. The molecule has 4 aromatic rings. The number of para-hydroxylation sites is 1. The molecule has 160 valence electrons. The van der Waals surface area contributed by atoms with Crippen molar-refractivity contribution in [2.45, 2.75) is 66.3 Å². The number of fused-ring (bicyclic) bond motifs is 3. The topological polar surface area (TPSA) is 42.7 Å². The maximum Gasteiger partial charge on any atom is 0.151 e. The molecule has 1 fully saturated rings. The summed E-state index contributed by atoms with van der Waals surface area (Å²) in [6, 6.07) is 13.6. The van der Waals surface area contributed by atoms with Gasteiger partial charge in [0.2, 0.25) is 0 Å². The molecule has 0 amide bonds. The molecular formula is C27H32N4. The van der Waals surface area contributed by atoms with Gasteiger partial charge in [-0.05, 0) is 63.6 Å². The van der Waals surface area contributed by atoms with Gasteiger partial charge in [-0.15, -0.1) is 0 Å². The molecule has 1 saturated carbocycles. The highest BCUT2D eigenvalue weighted by atomic mass is 15.1. The Kier molecular flexibility index (Phi) is 4.96. The molecule has 0 radical (unpaired) electrons. The molecule has 1 aliphatic rings. The SMILES string of the molecule is CCC(CC1CC1)Nc1nc(C)nc2c1c1ccccc1n2-c1c(C)cc(C)cc1C. The highest BCUT2D eigenvalue weighted by molar-refractivity contribution is 6.13. The number of aromatic nitrogens is 3. The summed E-state index contributed by atoms with van der Waals surface area (Å²) < 4.78 is 2.34. The number of nitrogens with one attached hydrogen (secondary N) is 1. The van der Waals surface area contributed by atoms with Crippen LogP contribution >= 0.6 is 0 Å². The average Bonchev–Trinajstić information content (AvgIpc) is 3.48. The fourth-order valence-electron chi connectivity index (χ4n) is 5.09. The van der Waals surface area contributed by atoms with Gasteiger partial charge in [-0.3, -0.25) is 4.57 Å². The van der Waals surface area contributed by atoms with Crippen LogP contribution in [0.1, 0.15) is 55.1 Å². The third-order valence-electron chi connectivity index (χ3n) is 6.64. The normalized spacial score (nSPS) is 15.0. The van der Waals surface area contributed by atoms with Gasteiger partial charge in [0, 0.05) is 11.4 Å². The standard InChI is InChI=1S/C27H32N4/c1-6-21(15-20-11-12-20)30-26-24-22-9-7-8-10-23(22)31(27(24)29-19(5)28-26)25-17(3)13-16(2)14-18(25)4/h7-10,13-14,20-21H,6,11-12,15H2,1-5H3,(H,28,29,30). The van der Waals surface area contributed by atoms with Gasteiger partial charge in [0.25, 0.3) is 0 Å². The van der Waals surface area contributed by atoms with Crippen LogP contribution in [0.2, 0.25) is 0 Å². The monoisotopic (exact) mass is 412 g/mol. The molecule has 1 N–H and O–H groups in total. The van der Waals surface area contributed by atoms with Crippen molar-refractivity contribution in [1.29, 1.82) is 0 Å². The number of hydrogen-bond acceptors (Lipinski definition) is 3. The van der Waals surface area contributed by atoms with Crippen molar-refractivity contribution in [3.63, 3.8) is 0 Å². The first-order valence-electron chi connectivity index (χ1n) is 11.6. The van der Waals surface area contributed by atoms with E-state index in [0.717, 1.165) is 35.0 Å². The lowest BCUT2D eigenvalue weighted by Gasteiger charge is -2.19. The van der Waals surface area contributed by atoms with Crippen LogP contribution < -0.4 is 5.32 Å². The van der Waals surface area contributed by atoms with Gasteiger partial charge in [0.05, 0.1) is 16.6 Å². The third-order valence-corrected chi connectivity index (χ3v) is 6.64. The van der Waals surface area contributed by atoms with Crippen LogP contribution in [0.15, 0.2) is 36.4 Å². The van der Waals surface area contributed by atoms with E-state index in [1.54, 1.807) is 0 Å². The van der Waals surface area contributed by atoms with E-state index in [1.807, 2.05) is 6.92 Å². The van der Waals surface area contributed by atoms with E-state index < -0.39 is 0 Å². The molecule has 0 aliphatic heterocycles. The quantitative estimate of drug-likeness (QED) is 0.379. The highest BCUT2D eigenvalue weighted by Gasteiger charge is 2.26. The van der Waals surface area contributed by atoms with Crippen LogP contribution in [-0.4, -0.2) is 20.6 Å². The molecule has 4 heteroatoms. The van der Waals surface area contributed by atoms with Gasteiger partial charge in [0.1, 0.15) is 11.6 Å². The van der Waals surface area contributed by atoms with Crippen molar-refractivity contribution in [2.24, 2.45) is 5.92 Å². The fourth-order valence-corrected chi connectivity index (χ4v) is 5.09. The lowest BCUT2D eigenvalue weighted by atomic mass is 10.0. The predicted octanol–water partition coefficient (Wildman–Crippen LogP) is 6.80. The zero-order valence-corrected chi connectivity index (χ0v) is 19.3. The first kappa shape index (κ1) is 20.0. The summed E-state index contributed by atoms with van der Waals surface area (Å²) in [5, 5.41) is 6.16. The zero-order chi connectivity index (χ0) is 21.7. The van der Waals surface area contributed by atoms with Crippen LogP contribution in [0.5, 0.6) is 0 Å². The Balaban J connectivity index is 1.78. The van der Waals surface area contributed by atoms with Gasteiger partial charge >= 0.3 is 0 Å². The molecular weight excluding hydrogens is 380 g/mol. The van der Waals surface area contributed by atoms with E-state index in [1.165, 1.54) is 52.5 Å². The van der Waals surface area contributed by atoms with Crippen LogP contribution in [0.25, 0.3) is 27.6 Å². The van der Waals surface area contributed by atoms with Crippen molar-refractivity contribution < 1.29 is 0 Å². The minimum atomic E-state index is 0.454. The molecule has 0 bridgehead atoms. The van der Waals surface area contributed by atoms with E-state index in [0.29, 0.717) is 6.04 Å². The maximum atomic E-state index is 4.97. The van der Waals surface area contributed by atoms with E-state index in [2.05, 4.69) is 74.0 Å². The van der Waals surface area contributed by atoms with Crippen LogP contribution in [0.3, 0.4) is 0 Å². The smallest absolute Gasteiger partial charge is 0.151 e. The first-order valence-corrected chi connectivity index (χ1v) is 11.6. The summed E-state index contributed by atoms with van der Waals surface area (Å²) in [5.41, 5.74) is 7.24. The van der Waals surface area contributed by atoms with Crippen molar-refractivity contribution in [1.82, 2.24) is 14.5 Å². The van der Waals surface area contributed by atoms with E-state index >= 15 is 0 Å². The second kappa shape index (κ2) is 7.67. The molecule has 2 heterocycles. The lowest BCUT2D eigenvalue weighted by molar-refractivity contribution is 0.585. The Labute approximate surface area is 184 Å². The summed E-state index contributed by atoms with van der Waals surface area (Å²) in [6.07, 6.45) is 5.09. The highest BCUT2D eigenvalue weighted by Crippen LogP contribution is 2.38. The molecule has 2 aromatic carbocycles.